The number of hydrogen-bond acceptors (Lipinski definition) is 1. The van der Waals surface area contributed by atoms with Gasteiger partial charge in [0, 0.05) is 6.04 Å². The van der Waals surface area contributed by atoms with Crippen molar-refractivity contribution in [3.8, 4) is 0 Å². The summed E-state index contributed by atoms with van der Waals surface area (Å²) in [5.41, 5.74) is 1.45. The third-order valence-corrected chi connectivity index (χ3v) is 2.76. The van der Waals surface area contributed by atoms with E-state index in [0.29, 0.717) is 6.04 Å². The van der Waals surface area contributed by atoms with Crippen molar-refractivity contribution in [1.29, 1.82) is 0 Å². The molecule has 2 rings (SSSR count). The van der Waals surface area contributed by atoms with Crippen molar-refractivity contribution in [1.82, 2.24) is 5.32 Å². The summed E-state index contributed by atoms with van der Waals surface area (Å²) < 4.78 is 0. The Morgan fingerprint density at radius 1 is 1.00 bits per heavy atom. The van der Waals surface area contributed by atoms with Crippen LogP contribution >= 0.6 is 0 Å². The van der Waals surface area contributed by atoms with Crippen molar-refractivity contribution < 1.29 is 0 Å². The second kappa shape index (κ2) is 4.43. The Hall–Kier alpha value is -0.820. The maximum atomic E-state index is 3.60. The summed E-state index contributed by atoms with van der Waals surface area (Å²) in [4.78, 5) is 0. The van der Waals surface area contributed by atoms with Crippen LogP contribution in [0.5, 0.6) is 0 Å². The molecule has 1 aromatic rings. The van der Waals surface area contributed by atoms with Gasteiger partial charge in [0.25, 0.3) is 0 Å². The predicted octanol–water partition coefficient (Wildman–Crippen LogP) is 2.89. The highest BCUT2D eigenvalue weighted by atomic mass is 14.9. The number of benzene rings is 1. The van der Waals surface area contributed by atoms with Gasteiger partial charge in [0.1, 0.15) is 0 Å². The quantitative estimate of drug-likeness (QED) is 0.692. The van der Waals surface area contributed by atoms with Crippen LogP contribution in [-0.2, 0) is 0 Å². The van der Waals surface area contributed by atoms with Gasteiger partial charge in [-0.05, 0) is 24.9 Å². The molecule has 0 radical (unpaired) electrons. The molecule has 0 aliphatic carbocycles. The summed E-state index contributed by atoms with van der Waals surface area (Å²) >= 11 is 0. The second-order valence-electron chi connectivity index (χ2n) is 3.77. The van der Waals surface area contributed by atoms with E-state index in [0.717, 1.165) is 0 Å². The highest BCUT2D eigenvalue weighted by Gasteiger charge is 2.12. The molecule has 1 saturated heterocycles. The lowest BCUT2D eigenvalue weighted by Gasteiger charge is -2.15. The molecule has 70 valence electrons. The minimum absolute atomic E-state index is 0.601. The topological polar surface area (TPSA) is 12.0 Å². The zero-order valence-corrected chi connectivity index (χ0v) is 8.00. The molecule has 1 aliphatic rings. The molecule has 1 N–H and O–H groups in total. The van der Waals surface area contributed by atoms with Gasteiger partial charge in [0.05, 0.1) is 0 Å². The molecule has 1 fully saturated rings. The lowest BCUT2D eigenvalue weighted by atomic mass is 10.0. The Balaban J connectivity index is 2.06. The molecule has 0 aromatic heterocycles. The molecule has 0 spiro atoms. The molecule has 1 atom stereocenters. The van der Waals surface area contributed by atoms with E-state index in [9.17, 15) is 0 Å². The van der Waals surface area contributed by atoms with Crippen LogP contribution in [0.3, 0.4) is 0 Å². The number of rotatable bonds is 1. The second-order valence-corrected chi connectivity index (χ2v) is 3.77. The van der Waals surface area contributed by atoms with Crippen molar-refractivity contribution in [2.75, 3.05) is 6.54 Å². The maximum absolute atomic E-state index is 3.60. The summed E-state index contributed by atoms with van der Waals surface area (Å²) in [6.45, 7) is 1.18. The van der Waals surface area contributed by atoms with Crippen molar-refractivity contribution in [2.45, 2.75) is 31.7 Å². The smallest absolute Gasteiger partial charge is 0.0320 e. The zero-order valence-electron chi connectivity index (χ0n) is 8.00. The zero-order chi connectivity index (χ0) is 8.93. The summed E-state index contributed by atoms with van der Waals surface area (Å²) in [6, 6.07) is 11.4. The Bertz CT molecular complexity index is 235. The summed E-state index contributed by atoms with van der Waals surface area (Å²) in [6.07, 6.45) is 5.39. The SMILES string of the molecule is c1ccc(C2CCCCCN2)cc1. The molecule has 0 saturated carbocycles. The highest BCUT2D eigenvalue weighted by molar-refractivity contribution is 5.18. The van der Waals surface area contributed by atoms with E-state index >= 15 is 0 Å². The molecule has 1 nitrogen and oxygen atoms in total. The summed E-state index contributed by atoms with van der Waals surface area (Å²) in [5.74, 6) is 0. The Morgan fingerprint density at radius 3 is 2.69 bits per heavy atom. The van der Waals surface area contributed by atoms with Gasteiger partial charge in [-0.25, -0.2) is 0 Å². The van der Waals surface area contributed by atoms with Crippen LogP contribution in [-0.4, -0.2) is 6.54 Å². The molecule has 1 aliphatic heterocycles. The van der Waals surface area contributed by atoms with E-state index in [4.69, 9.17) is 0 Å². The van der Waals surface area contributed by atoms with Crippen molar-refractivity contribution >= 4 is 0 Å². The first-order chi connectivity index (χ1) is 6.47. The van der Waals surface area contributed by atoms with Crippen LogP contribution in [0.4, 0.5) is 0 Å². The minimum Gasteiger partial charge on any atom is -0.310 e. The monoisotopic (exact) mass is 175 g/mol. The summed E-state index contributed by atoms with van der Waals surface area (Å²) in [7, 11) is 0. The van der Waals surface area contributed by atoms with Gasteiger partial charge in [-0.3, -0.25) is 0 Å². The van der Waals surface area contributed by atoms with Crippen LogP contribution in [0, 0.1) is 0 Å². The largest absolute Gasteiger partial charge is 0.310 e. The normalized spacial score (nSPS) is 23.8. The van der Waals surface area contributed by atoms with E-state index in [-0.39, 0.29) is 0 Å². The molecule has 1 heteroatoms. The molecule has 1 unspecified atom stereocenters. The molecule has 0 amide bonds. The lowest BCUT2D eigenvalue weighted by Crippen LogP contribution is -2.19. The number of hydrogen-bond donors (Lipinski definition) is 1. The molecule has 13 heavy (non-hydrogen) atoms. The van der Waals surface area contributed by atoms with Gasteiger partial charge in [-0.15, -0.1) is 0 Å². The molecule has 1 heterocycles. The first-order valence-electron chi connectivity index (χ1n) is 5.25. The molecule has 0 bridgehead atoms. The first-order valence-corrected chi connectivity index (χ1v) is 5.25. The fourth-order valence-electron chi connectivity index (χ4n) is 2.00. The third kappa shape index (κ3) is 2.31. The van der Waals surface area contributed by atoms with E-state index < -0.39 is 0 Å². The van der Waals surface area contributed by atoms with Gasteiger partial charge in [0.2, 0.25) is 0 Å². The fraction of sp³-hybridized carbons (Fsp3) is 0.500. The average Bonchev–Trinajstić information content (AvgIpc) is 2.47. The van der Waals surface area contributed by atoms with Gasteiger partial charge in [0.15, 0.2) is 0 Å². The van der Waals surface area contributed by atoms with Crippen molar-refractivity contribution in [3.05, 3.63) is 35.9 Å². The minimum atomic E-state index is 0.601. The highest BCUT2D eigenvalue weighted by Crippen LogP contribution is 2.21. The number of nitrogens with one attached hydrogen (secondary N) is 1. The van der Waals surface area contributed by atoms with Crippen molar-refractivity contribution in [2.24, 2.45) is 0 Å². The van der Waals surface area contributed by atoms with Gasteiger partial charge >= 0.3 is 0 Å². The van der Waals surface area contributed by atoms with E-state index in [1.54, 1.807) is 0 Å². The van der Waals surface area contributed by atoms with Crippen LogP contribution in [0.15, 0.2) is 30.3 Å². The average molecular weight is 175 g/mol. The molecule has 1 aromatic carbocycles. The van der Waals surface area contributed by atoms with Crippen LogP contribution in [0.2, 0.25) is 0 Å². The molecular weight excluding hydrogens is 158 g/mol. The fourth-order valence-corrected chi connectivity index (χ4v) is 2.00. The van der Waals surface area contributed by atoms with Crippen molar-refractivity contribution in [3.63, 3.8) is 0 Å². The van der Waals surface area contributed by atoms with Gasteiger partial charge in [-0.1, -0.05) is 43.2 Å². The summed E-state index contributed by atoms with van der Waals surface area (Å²) in [5, 5.41) is 3.60. The standard InChI is InChI=1S/C12H17N/c1-3-7-11(8-4-1)12-9-5-2-6-10-13-12/h1,3-4,7-8,12-13H,2,5-6,9-10H2. The maximum Gasteiger partial charge on any atom is 0.0320 e. The van der Waals surface area contributed by atoms with Crippen LogP contribution < -0.4 is 5.32 Å². The predicted molar refractivity (Wildman–Crippen MR) is 55.7 cm³/mol. The van der Waals surface area contributed by atoms with Crippen LogP contribution in [0.1, 0.15) is 37.3 Å². The van der Waals surface area contributed by atoms with Gasteiger partial charge < -0.3 is 5.32 Å². The van der Waals surface area contributed by atoms with E-state index in [1.165, 1.54) is 37.8 Å². The van der Waals surface area contributed by atoms with Crippen LogP contribution in [0.25, 0.3) is 0 Å². The Labute approximate surface area is 80.2 Å². The lowest BCUT2D eigenvalue weighted by molar-refractivity contribution is 0.535. The first kappa shape index (κ1) is 8.76. The van der Waals surface area contributed by atoms with Gasteiger partial charge in [-0.2, -0.15) is 0 Å². The molecular formula is C12H17N. The van der Waals surface area contributed by atoms with E-state index in [2.05, 4.69) is 35.6 Å². The van der Waals surface area contributed by atoms with E-state index in [1.807, 2.05) is 0 Å². The Kier molecular flexibility index (Phi) is 2.98. The Morgan fingerprint density at radius 2 is 1.85 bits per heavy atom. The third-order valence-electron chi connectivity index (χ3n) is 2.76.